The molecular formula is C31H24BrN3O6S. The van der Waals surface area contributed by atoms with Gasteiger partial charge < -0.3 is 9.47 Å². The number of nitro benzene ring substituents is 1. The second-order valence-electron chi connectivity index (χ2n) is 9.82. The Labute approximate surface area is 252 Å². The van der Waals surface area contributed by atoms with E-state index >= 15 is 0 Å². The standard InChI is InChI=1S/C31H24BrN3O6S/c1-3-40-25-14-18(13-24(32)29(25)41-17(2)36)15-26-30(37)34-28(20-8-6-9-21(16-20)35(38)39)23-12-11-19-7-4-5-10-22(19)27(23)33-31(34)42-26/h4-10,13-16,28H,3,11-12H2,1-2H3/b26-15+/t28-/m1/s1. The van der Waals surface area contributed by atoms with Crippen LogP contribution in [0.1, 0.15) is 48.6 Å². The van der Waals surface area contributed by atoms with Gasteiger partial charge in [0, 0.05) is 24.6 Å². The number of halogens is 1. The van der Waals surface area contributed by atoms with Gasteiger partial charge in [0.15, 0.2) is 16.3 Å². The third-order valence-electron chi connectivity index (χ3n) is 7.14. The summed E-state index contributed by atoms with van der Waals surface area (Å²) >= 11 is 4.72. The summed E-state index contributed by atoms with van der Waals surface area (Å²) < 4.78 is 13.7. The largest absolute Gasteiger partial charge is 0.490 e. The van der Waals surface area contributed by atoms with E-state index in [1.165, 1.54) is 36.0 Å². The number of carbonyl (C=O) groups is 1. The molecule has 0 spiro atoms. The molecule has 1 aliphatic heterocycles. The van der Waals surface area contributed by atoms with Gasteiger partial charge in [-0.2, -0.15) is 0 Å². The lowest BCUT2D eigenvalue weighted by Crippen LogP contribution is -2.38. The van der Waals surface area contributed by atoms with Crippen LogP contribution in [0.5, 0.6) is 11.5 Å². The summed E-state index contributed by atoms with van der Waals surface area (Å²) in [5.41, 5.74) is 4.99. The van der Waals surface area contributed by atoms with Crippen LogP contribution in [0.3, 0.4) is 0 Å². The first-order valence-electron chi connectivity index (χ1n) is 13.3. The maximum absolute atomic E-state index is 14.1. The predicted octanol–water partition coefficient (Wildman–Crippen LogP) is 5.31. The number of non-ortho nitro benzene ring substituents is 1. The number of benzene rings is 3. The highest BCUT2D eigenvalue weighted by molar-refractivity contribution is 9.10. The van der Waals surface area contributed by atoms with Gasteiger partial charge in [0.05, 0.1) is 32.3 Å². The number of carbonyl (C=O) groups excluding carboxylic acids is 1. The number of hydrogen-bond donors (Lipinski definition) is 0. The number of aromatic nitrogens is 1. The summed E-state index contributed by atoms with van der Waals surface area (Å²) in [7, 11) is 0. The molecule has 3 aromatic carbocycles. The van der Waals surface area contributed by atoms with Crippen LogP contribution in [0.25, 0.3) is 11.8 Å². The lowest BCUT2D eigenvalue weighted by atomic mass is 9.83. The summed E-state index contributed by atoms with van der Waals surface area (Å²) in [6, 6.07) is 17.5. The van der Waals surface area contributed by atoms with E-state index in [4.69, 9.17) is 14.5 Å². The Bertz CT molecular complexity index is 1990. The molecule has 4 aromatic rings. The van der Waals surface area contributed by atoms with Crippen LogP contribution in [0.4, 0.5) is 5.69 Å². The topological polar surface area (TPSA) is 113 Å². The van der Waals surface area contributed by atoms with Gasteiger partial charge in [-0.15, -0.1) is 0 Å². The summed E-state index contributed by atoms with van der Waals surface area (Å²) in [5, 5.41) is 11.6. The molecular weight excluding hydrogens is 622 g/mol. The molecule has 0 amide bonds. The summed E-state index contributed by atoms with van der Waals surface area (Å²) in [5.74, 6) is 0.145. The molecule has 6 rings (SSSR count). The predicted molar refractivity (Wildman–Crippen MR) is 162 cm³/mol. The van der Waals surface area contributed by atoms with E-state index in [0.717, 1.165) is 23.3 Å². The lowest BCUT2D eigenvalue weighted by molar-refractivity contribution is -0.384. The lowest BCUT2D eigenvalue weighted by Gasteiger charge is -2.30. The molecule has 1 aromatic heterocycles. The van der Waals surface area contributed by atoms with Crippen LogP contribution in [0.2, 0.25) is 0 Å². The molecule has 1 atom stereocenters. The third-order valence-corrected chi connectivity index (χ3v) is 8.72. The molecule has 0 radical (unpaired) electrons. The average Bonchev–Trinajstić information content (AvgIpc) is 3.27. The van der Waals surface area contributed by atoms with Crippen molar-refractivity contribution in [2.24, 2.45) is 4.99 Å². The quantitative estimate of drug-likeness (QED) is 0.121. The highest BCUT2D eigenvalue weighted by Gasteiger charge is 2.33. The van der Waals surface area contributed by atoms with E-state index in [2.05, 4.69) is 22.0 Å². The number of rotatable bonds is 6. The van der Waals surface area contributed by atoms with Crippen molar-refractivity contribution in [3.8, 4) is 11.5 Å². The van der Waals surface area contributed by atoms with E-state index in [1.54, 1.807) is 28.8 Å². The first-order chi connectivity index (χ1) is 20.2. The zero-order chi connectivity index (χ0) is 29.5. The van der Waals surface area contributed by atoms with Crippen molar-refractivity contribution in [2.75, 3.05) is 6.61 Å². The SMILES string of the molecule is CCOc1cc(/C=c2/sc3n(c2=O)[C@H](c2cccc([N+](=O)[O-])c2)C2=C(N=3)c3ccccc3CC2)cc(Br)c1OC(C)=O. The highest BCUT2D eigenvalue weighted by atomic mass is 79.9. The number of allylic oxidation sites excluding steroid dienone is 1. The van der Waals surface area contributed by atoms with E-state index in [1.807, 2.05) is 31.2 Å². The summed E-state index contributed by atoms with van der Waals surface area (Å²) in [4.78, 5) is 42.4. The number of ether oxygens (including phenoxy) is 2. The van der Waals surface area contributed by atoms with E-state index in [0.29, 0.717) is 43.7 Å². The van der Waals surface area contributed by atoms with Crippen LogP contribution < -0.4 is 24.4 Å². The second-order valence-corrected chi connectivity index (χ2v) is 11.7. The summed E-state index contributed by atoms with van der Waals surface area (Å²) in [6.07, 6.45) is 3.20. The minimum Gasteiger partial charge on any atom is -0.490 e. The number of esters is 1. The van der Waals surface area contributed by atoms with Crippen molar-refractivity contribution in [1.29, 1.82) is 0 Å². The van der Waals surface area contributed by atoms with Crippen molar-refractivity contribution < 1.29 is 19.2 Å². The fourth-order valence-electron chi connectivity index (χ4n) is 5.46. The van der Waals surface area contributed by atoms with E-state index in [-0.39, 0.29) is 17.0 Å². The fraction of sp³-hybridized carbons (Fsp3) is 0.194. The highest BCUT2D eigenvalue weighted by Crippen LogP contribution is 2.42. The number of aryl methyl sites for hydroxylation is 1. The molecule has 1 aliphatic carbocycles. The van der Waals surface area contributed by atoms with E-state index < -0.39 is 16.9 Å². The minimum absolute atomic E-state index is 0.0360. The van der Waals surface area contributed by atoms with Crippen LogP contribution in [-0.4, -0.2) is 22.1 Å². The van der Waals surface area contributed by atoms with Crippen LogP contribution in [0.15, 0.2) is 80.5 Å². The van der Waals surface area contributed by atoms with Crippen molar-refractivity contribution >= 4 is 50.7 Å². The molecule has 2 heterocycles. The van der Waals surface area contributed by atoms with Gasteiger partial charge in [-0.25, -0.2) is 4.99 Å². The molecule has 0 saturated carbocycles. The second kappa shape index (κ2) is 11.1. The Kier molecular flexibility index (Phi) is 7.38. The van der Waals surface area contributed by atoms with Crippen molar-refractivity contribution in [3.05, 3.63) is 123 Å². The monoisotopic (exact) mass is 645 g/mol. The van der Waals surface area contributed by atoms with Crippen molar-refractivity contribution in [3.63, 3.8) is 0 Å². The normalized spacial score (nSPS) is 15.8. The maximum Gasteiger partial charge on any atom is 0.308 e. The zero-order valence-electron chi connectivity index (χ0n) is 22.6. The number of thiazole rings is 1. The number of nitro groups is 1. The molecule has 0 saturated heterocycles. The molecule has 212 valence electrons. The van der Waals surface area contributed by atoms with E-state index in [9.17, 15) is 19.7 Å². The number of hydrogen-bond acceptors (Lipinski definition) is 8. The number of fused-ring (bicyclic) bond motifs is 3. The Morgan fingerprint density at radius 1 is 1.19 bits per heavy atom. The number of nitrogens with zero attached hydrogens (tertiary/aromatic N) is 3. The van der Waals surface area contributed by atoms with Gasteiger partial charge in [0.1, 0.15) is 0 Å². The Morgan fingerprint density at radius 2 is 2.00 bits per heavy atom. The molecule has 9 nitrogen and oxygen atoms in total. The fourth-order valence-corrected chi connectivity index (χ4v) is 7.00. The molecule has 0 N–H and O–H groups in total. The van der Waals surface area contributed by atoms with Crippen LogP contribution in [-0.2, 0) is 11.2 Å². The van der Waals surface area contributed by atoms with Gasteiger partial charge in [0.25, 0.3) is 11.2 Å². The average molecular weight is 647 g/mol. The Morgan fingerprint density at radius 3 is 2.76 bits per heavy atom. The van der Waals surface area contributed by atoms with Gasteiger partial charge in [-0.1, -0.05) is 47.7 Å². The first-order valence-corrected chi connectivity index (χ1v) is 14.9. The minimum atomic E-state index is -0.538. The van der Waals surface area contributed by atoms with Gasteiger partial charge in [-0.05, 0) is 76.2 Å². The Balaban J connectivity index is 1.57. The molecule has 2 aliphatic rings. The smallest absolute Gasteiger partial charge is 0.308 e. The third kappa shape index (κ3) is 4.99. The van der Waals surface area contributed by atoms with Crippen LogP contribution in [0, 0.1) is 10.1 Å². The zero-order valence-corrected chi connectivity index (χ0v) is 25.0. The maximum atomic E-state index is 14.1. The van der Waals surface area contributed by atoms with Crippen molar-refractivity contribution in [2.45, 2.75) is 32.7 Å². The van der Waals surface area contributed by atoms with Gasteiger partial charge >= 0.3 is 5.97 Å². The molecule has 11 heteroatoms. The van der Waals surface area contributed by atoms with Gasteiger partial charge in [-0.3, -0.25) is 24.3 Å². The Hall–Kier alpha value is -4.35. The molecule has 0 fully saturated rings. The van der Waals surface area contributed by atoms with Crippen molar-refractivity contribution in [1.82, 2.24) is 4.57 Å². The first kappa shape index (κ1) is 27.8. The van der Waals surface area contributed by atoms with Crippen LogP contribution >= 0.6 is 27.3 Å². The van der Waals surface area contributed by atoms with Gasteiger partial charge in [0.2, 0.25) is 0 Å². The molecule has 42 heavy (non-hydrogen) atoms. The molecule has 0 unspecified atom stereocenters. The molecule has 0 bridgehead atoms. The summed E-state index contributed by atoms with van der Waals surface area (Å²) in [6.45, 7) is 3.49.